The average molecular weight is 347 g/mol. The Kier molecular flexibility index (Phi) is 4.04. The van der Waals surface area contributed by atoms with Gasteiger partial charge < -0.3 is 10.6 Å². The average Bonchev–Trinajstić information content (AvgIpc) is 3.03. The third kappa shape index (κ3) is 2.93. The van der Waals surface area contributed by atoms with Gasteiger partial charge in [0, 0.05) is 18.8 Å². The Morgan fingerprint density at radius 2 is 2.12 bits per heavy atom. The lowest BCUT2D eigenvalue weighted by molar-refractivity contribution is 0.240. The van der Waals surface area contributed by atoms with Crippen molar-refractivity contribution in [3.63, 3.8) is 0 Å². The molecule has 3 aromatic heterocycles. The smallest absolute Gasteiger partial charge is 0.168 e. The van der Waals surface area contributed by atoms with Gasteiger partial charge in [0.25, 0.3) is 0 Å². The van der Waals surface area contributed by atoms with Crippen LogP contribution in [-0.4, -0.2) is 39.7 Å². The summed E-state index contributed by atoms with van der Waals surface area (Å²) in [6.07, 6.45) is 2.41. The zero-order chi connectivity index (χ0) is 17.4. The number of halogens is 3. The molecule has 0 spiro atoms. The highest BCUT2D eigenvalue weighted by molar-refractivity contribution is 5.63. The molecule has 0 unspecified atom stereocenters. The highest BCUT2D eigenvalue weighted by Gasteiger charge is 2.26. The molecule has 4 rings (SSSR count). The molecule has 3 aromatic rings. The largest absolute Gasteiger partial charge is 0.361 e. The maximum Gasteiger partial charge on any atom is 0.168 e. The summed E-state index contributed by atoms with van der Waals surface area (Å²) in [5, 5.41) is 5.80. The molecular formula is C17H16F3N5. The fraction of sp³-hybridized carbons (Fsp3) is 0.294. The van der Waals surface area contributed by atoms with E-state index in [-0.39, 0.29) is 11.5 Å². The van der Waals surface area contributed by atoms with E-state index in [0.29, 0.717) is 30.9 Å². The van der Waals surface area contributed by atoms with Gasteiger partial charge in [0.05, 0.1) is 17.9 Å². The molecule has 4 heterocycles. The first-order valence-corrected chi connectivity index (χ1v) is 8.03. The second-order valence-electron chi connectivity index (χ2n) is 5.98. The van der Waals surface area contributed by atoms with E-state index in [2.05, 4.69) is 20.6 Å². The van der Waals surface area contributed by atoms with E-state index < -0.39 is 23.8 Å². The van der Waals surface area contributed by atoms with E-state index in [9.17, 15) is 13.2 Å². The standard InChI is InChI=1S/C17H16F3N5/c18-10-4-5-21-8-13(10)23-17-12(20)7-11(19)16(24-17)14-9-22-15-3-1-2-6-25(14)15/h1-3,6-7,9-10,13,21H,4-5,8H2,(H,23,24)/t10-,13-/m0/s1. The van der Waals surface area contributed by atoms with Crippen LogP contribution in [0.5, 0.6) is 0 Å². The lowest BCUT2D eigenvalue weighted by Gasteiger charge is -2.28. The first kappa shape index (κ1) is 15.9. The van der Waals surface area contributed by atoms with Crippen LogP contribution in [0.1, 0.15) is 6.42 Å². The second-order valence-corrected chi connectivity index (χ2v) is 5.98. The van der Waals surface area contributed by atoms with Crippen LogP contribution < -0.4 is 10.6 Å². The number of nitrogens with one attached hydrogen (secondary N) is 2. The zero-order valence-corrected chi connectivity index (χ0v) is 13.2. The monoisotopic (exact) mass is 347 g/mol. The maximum absolute atomic E-state index is 14.3. The molecule has 0 aromatic carbocycles. The molecule has 2 N–H and O–H groups in total. The van der Waals surface area contributed by atoms with Crippen LogP contribution >= 0.6 is 0 Å². The molecule has 2 atom stereocenters. The number of pyridine rings is 2. The van der Waals surface area contributed by atoms with Gasteiger partial charge in [-0.2, -0.15) is 0 Å². The number of nitrogens with zero attached hydrogens (tertiary/aromatic N) is 3. The van der Waals surface area contributed by atoms with E-state index in [4.69, 9.17) is 0 Å². The number of hydrogen-bond donors (Lipinski definition) is 2. The summed E-state index contributed by atoms with van der Waals surface area (Å²) >= 11 is 0. The number of fused-ring (bicyclic) bond motifs is 1. The number of hydrogen-bond acceptors (Lipinski definition) is 4. The van der Waals surface area contributed by atoms with Crippen molar-refractivity contribution in [3.05, 3.63) is 48.3 Å². The molecule has 1 aliphatic rings. The lowest BCUT2D eigenvalue weighted by Crippen LogP contribution is -2.46. The van der Waals surface area contributed by atoms with Gasteiger partial charge in [0.2, 0.25) is 0 Å². The molecule has 1 saturated heterocycles. The summed E-state index contributed by atoms with van der Waals surface area (Å²) in [6.45, 7) is 0.927. The van der Waals surface area contributed by atoms with Gasteiger partial charge >= 0.3 is 0 Å². The molecule has 0 aliphatic carbocycles. The van der Waals surface area contributed by atoms with Crippen LogP contribution in [0.3, 0.4) is 0 Å². The van der Waals surface area contributed by atoms with Crippen molar-refractivity contribution in [2.75, 3.05) is 18.4 Å². The summed E-state index contributed by atoms with van der Waals surface area (Å²) in [6, 6.07) is 5.50. The summed E-state index contributed by atoms with van der Waals surface area (Å²) in [5.41, 5.74) is 0.981. The van der Waals surface area contributed by atoms with E-state index in [0.717, 1.165) is 6.07 Å². The van der Waals surface area contributed by atoms with Gasteiger partial charge in [0.15, 0.2) is 17.5 Å². The van der Waals surface area contributed by atoms with Gasteiger partial charge in [-0.3, -0.25) is 4.40 Å². The van der Waals surface area contributed by atoms with Gasteiger partial charge in [-0.05, 0) is 25.1 Å². The number of aromatic nitrogens is 3. The normalized spacial score (nSPS) is 20.8. The first-order valence-electron chi connectivity index (χ1n) is 8.03. The van der Waals surface area contributed by atoms with Crippen molar-refractivity contribution in [1.29, 1.82) is 0 Å². The zero-order valence-electron chi connectivity index (χ0n) is 13.2. The SMILES string of the molecule is Fc1cc(F)c(-c2cnc3ccccn23)nc1N[C@H]1CNCC[C@@H]1F. The van der Waals surface area contributed by atoms with Crippen LogP contribution in [0.25, 0.3) is 17.0 Å². The minimum Gasteiger partial charge on any atom is -0.361 e. The maximum atomic E-state index is 14.3. The Hall–Kier alpha value is -2.61. The van der Waals surface area contributed by atoms with E-state index >= 15 is 0 Å². The molecule has 130 valence electrons. The second kappa shape index (κ2) is 6.36. The van der Waals surface area contributed by atoms with Gasteiger partial charge in [-0.1, -0.05) is 6.07 Å². The molecule has 25 heavy (non-hydrogen) atoms. The Labute approximate surface area is 141 Å². The predicted octanol–water partition coefficient (Wildman–Crippen LogP) is 2.79. The van der Waals surface area contributed by atoms with Crippen molar-refractivity contribution in [2.24, 2.45) is 0 Å². The Balaban J connectivity index is 1.74. The van der Waals surface area contributed by atoms with E-state index in [1.165, 1.54) is 6.20 Å². The molecule has 0 radical (unpaired) electrons. The number of anilines is 1. The van der Waals surface area contributed by atoms with Gasteiger partial charge in [-0.25, -0.2) is 23.1 Å². The molecule has 1 aliphatic heterocycles. The summed E-state index contributed by atoms with van der Waals surface area (Å²) in [5.74, 6) is -1.82. The van der Waals surface area contributed by atoms with Gasteiger partial charge in [0.1, 0.15) is 17.5 Å². The number of imidazole rings is 1. The number of alkyl halides is 1. The van der Waals surface area contributed by atoms with Crippen LogP contribution in [-0.2, 0) is 0 Å². The van der Waals surface area contributed by atoms with Crippen LogP contribution in [0.4, 0.5) is 19.0 Å². The molecule has 0 amide bonds. The molecule has 5 nitrogen and oxygen atoms in total. The van der Waals surface area contributed by atoms with Gasteiger partial charge in [-0.15, -0.1) is 0 Å². The third-order valence-electron chi connectivity index (χ3n) is 4.31. The quantitative estimate of drug-likeness (QED) is 0.765. The van der Waals surface area contributed by atoms with Crippen LogP contribution in [0.15, 0.2) is 36.7 Å². The summed E-state index contributed by atoms with van der Waals surface area (Å²) in [4.78, 5) is 8.26. The summed E-state index contributed by atoms with van der Waals surface area (Å²) in [7, 11) is 0. The lowest BCUT2D eigenvalue weighted by atomic mass is 10.1. The fourth-order valence-electron chi connectivity index (χ4n) is 3.00. The van der Waals surface area contributed by atoms with Crippen molar-refractivity contribution < 1.29 is 13.2 Å². The summed E-state index contributed by atoms with van der Waals surface area (Å²) < 4.78 is 44.1. The van der Waals surface area contributed by atoms with Crippen LogP contribution in [0, 0.1) is 11.6 Å². The Morgan fingerprint density at radius 3 is 2.96 bits per heavy atom. The highest BCUT2D eigenvalue weighted by Crippen LogP contribution is 2.26. The van der Waals surface area contributed by atoms with E-state index in [1.54, 1.807) is 22.7 Å². The molecular weight excluding hydrogens is 331 g/mol. The molecule has 0 saturated carbocycles. The number of piperidine rings is 1. The minimum absolute atomic E-state index is 0.0400. The van der Waals surface area contributed by atoms with Crippen LogP contribution in [0.2, 0.25) is 0 Å². The molecule has 0 bridgehead atoms. The van der Waals surface area contributed by atoms with Crippen molar-refractivity contribution in [2.45, 2.75) is 18.6 Å². The van der Waals surface area contributed by atoms with Crippen molar-refractivity contribution in [3.8, 4) is 11.4 Å². The molecule has 1 fully saturated rings. The topological polar surface area (TPSA) is 54.2 Å². The van der Waals surface area contributed by atoms with Crippen molar-refractivity contribution >= 4 is 11.5 Å². The predicted molar refractivity (Wildman–Crippen MR) is 88.1 cm³/mol. The third-order valence-corrected chi connectivity index (χ3v) is 4.31. The Morgan fingerprint density at radius 1 is 1.24 bits per heavy atom. The number of rotatable bonds is 3. The fourth-order valence-corrected chi connectivity index (χ4v) is 3.00. The Bertz CT molecular complexity index is 910. The molecule has 8 heteroatoms. The first-order chi connectivity index (χ1) is 12.1. The van der Waals surface area contributed by atoms with Crippen molar-refractivity contribution in [1.82, 2.24) is 19.7 Å². The highest BCUT2D eigenvalue weighted by atomic mass is 19.1. The van der Waals surface area contributed by atoms with E-state index in [1.807, 2.05) is 6.07 Å². The minimum atomic E-state index is -1.12.